The van der Waals surface area contributed by atoms with Gasteiger partial charge in [-0.25, -0.2) is 0 Å². The Hall–Kier alpha value is -1.74. The summed E-state index contributed by atoms with van der Waals surface area (Å²) in [5, 5.41) is 8.83. The van der Waals surface area contributed by atoms with Gasteiger partial charge in [-0.2, -0.15) is 18.4 Å². The normalized spacial score (nSPS) is 23.1. The highest BCUT2D eigenvalue weighted by molar-refractivity contribution is 5.44. The zero-order valence-corrected chi connectivity index (χ0v) is 10.8. The second-order valence-electron chi connectivity index (χ2n) is 4.92. The number of alkyl halides is 3. The van der Waals surface area contributed by atoms with E-state index in [0.29, 0.717) is 0 Å². The van der Waals surface area contributed by atoms with Crippen molar-refractivity contribution in [1.29, 1.82) is 5.26 Å². The molecule has 2 rings (SSSR count). The van der Waals surface area contributed by atoms with Gasteiger partial charge in [0.05, 0.1) is 17.2 Å². The molecule has 3 nitrogen and oxygen atoms in total. The van der Waals surface area contributed by atoms with Gasteiger partial charge in [-0.05, 0) is 37.5 Å². The van der Waals surface area contributed by atoms with Gasteiger partial charge < -0.3 is 10.5 Å². The first-order valence-corrected chi connectivity index (χ1v) is 6.45. The fraction of sp³-hybridized carbons (Fsp3) is 0.500. The van der Waals surface area contributed by atoms with Gasteiger partial charge in [-0.15, -0.1) is 0 Å². The van der Waals surface area contributed by atoms with E-state index >= 15 is 0 Å². The van der Waals surface area contributed by atoms with E-state index in [-0.39, 0.29) is 17.9 Å². The summed E-state index contributed by atoms with van der Waals surface area (Å²) in [6.07, 6.45) is -1.08. The van der Waals surface area contributed by atoms with Crippen LogP contribution in [0.1, 0.15) is 36.8 Å². The Morgan fingerprint density at radius 2 is 1.95 bits per heavy atom. The molecule has 0 aliphatic heterocycles. The minimum Gasteiger partial charge on any atom is -0.489 e. The molecule has 108 valence electrons. The molecule has 0 amide bonds. The van der Waals surface area contributed by atoms with Crippen molar-refractivity contribution in [1.82, 2.24) is 0 Å². The van der Waals surface area contributed by atoms with Crippen LogP contribution in [0, 0.1) is 11.3 Å². The summed E-state index contributed by atoms with van der Waals surface area (Å²) >= 11 is 0. The van der Waals surface area contributed by atoms with Crippen molar-refractivity contribution in [2.24, 2.45) is 5.73 Å². The third kappa shape index (κ3) is 3.23. The zero-order chi connectivity index (χ0) is 14.8. The molecule has 2 N–H and O–H groups in total. The number of benzene rings is 1. The van der Waals surface area contributed by atoms with Gasteiger partial charge in [0.2, 0.25) is 0 Å². The predicted molar refractivity (Wildman–Crippen MR) is 67.0 cm³/mol. The van der Waals surface area contributed by atoms with Gasteiger partial charge in [-0.3, -0.25) is 0 Å². The lowest BCUT2D eigenvalue weighted by Crippen LogP contribution is -2.41. The molecule has 2 unspecified atom stereocenters. The van der Waals surface area contributed by atoms with Crippen LogP contribution in [0.5, 0.6) is 5.75 Å². The van der Waals surface area contributed by atoms with Crippen molar-refractivity contribution in [2.45, 2.75) is 44.0 Å². The second kappa shape index (κ2) is 5.71. The van der Waals surface area contributed by atoms with Crippen LogP contribution in [0.15, 0.2) is 18.2 Å². The van der Waals surface area contributed by atoms with Crippen molar-refractivity contribution < 1.29 is 17.9 Å². The number of nitriles is 1. The molecule has 0 saturated heterocycles. The third-order valence-corrected chi connectivity index (χ3v) is 3.46. The molecule has 0 radical (unpaired) electrons. The number of nitrogens with two attached hydrogens (primary N) is 1. The highest BCUT2D eigenvalue weighted by atomic mass is 19.4. The van der Waals surface area contributed by atoms with Crippen molar-refractivity contribution in [3.63, 3.8) is 0 Å². The summed E-state index contributed by atoms with van der Waals surface area (Å²) in [6, 6.07) is 4.69. The van der Waals surface area contributed by atoms with Crippen LogP contribution in [-0.4, -0.2) is 12.1 Å². The summed E-state index contributed by atoms with van der Waals surface area (Å²) in [7, 11) is 0. The number of hydrogen-bond acceptors (Lipinski definition) is 3. The van der Waals surface area contributed by atoms with Crippen LogP contribution in [0.3, 0.4) is 0 Å². The fourth-order valence-electron chi connectivity index (χ4n) is 2.38. The van der Waals surface area contributed by atoms with Gasteiger partial charge in [0, 0.05) is 6.04 Å². The monoisotopic (exact) mass is 284 g/mol. The largest absolute Gasteiger partial charge is 0.489 e. The smallest absolute Gasteiger partial charge is 0.417 e. The molecule has 1 aliphatic rings. The molecule has 1 aromatic carbocycles. The van der Waals surface area contributed by atoms with E-state index in [1.807, 2.05) is 0 Å². The average molecular weight is 284 g/mol. The molecule has 6 heteroatoms. The summed E-state index contributed by atoms with van der Waals surface area (Å²) in [6.45, 7) is 0. The van der Waals surface area contributed by atoms with Crippen LogP contribution in [-0.2, 0) is 6.18 Å². The average Bonchev–Trinajstić information content (AvgIpc) is 2.40. The zero-order valence-electron chi connectivity index (χ0n) is 10.8. The number of halogens is 3. The van der Waals surface area contributed by atoms with Crippen molar-refractivity contribution in [3.05, 3.63) is 29.3 Å². The van der Waals surface area contributed by atoms with Crippen LogP contribution < -0.4 is 10.5 Å². The van der Waals surface area contributed by atoms with Crippen LogP contribution >= 0.6 is 0 Å². The molecule has 2 atom stereocenters. The van der Waals surface area contributed by atoms with E-state index in [9.17, 15) is 13.2 Å². The Morgan fingerprint density at radius 3 is 2.55 bits per heavy atom. The van der Waals surface area contributed by atoms with Crippen LogP contribution in [0.25, 0.3) is 0 Å². The second-order valence-corrected chi connectivity index (χ2v) is 4.92. The number of hydrogen-bond donors (Lipinski definition) is 1. The molecular formula is C14H15F3N2O. The molecule has 20 heavy (non-hydrogen) atoms. The molecule has 0 bridgehead atoms. The summed E-state index contributed by atoms with van der Waals surface area (Å²) in [5.74, 6) is 0.261. The standard InChI is InChI=1S/C14H15F3N2O/c15-14(16,17)11-6-5-10(7-9(11)8-18)20-13-4-2-1-3-12(13)19/h5-7,12-13H,1-4,19H2. The van der Waals surface area contributed by atoms with Gasteiger partial charge in [0.1, 0.15) is 11.9 Å². The van der Waals surface area contributed by atoms with E-state index in [1.54, 1.807) is 6.07 Å². The Bertz CT molecular complexity index is 522. The quantitative estimate of drug-likeness (QED) is 0.907. The van der Waals surface area contributed by atoms with Crippen LogP contribution in [0.2, 0.25) is 0 Å². The van der Waals surface area contributed by atoms with E-state index in [0.717, 1.165) is 37.8 Å². The Balaban J connectivity index is 2.20. The van der Waals surface area contributed by atoms with E-state index in [1.165, 1.54) is 6.07 Å². The minimum atomic E-state index is -4.54. The molecule has 0 aromatic heterocycles. The van der Waals surface area contributed by atoms with Gasteiger partial charge >= 0.3 is 6.18 Å². The first-order valence-electron chi connectivity index (χ1n) is 6.45. The van der Waals surface area contributed by atoms with Crippen molar-refractivity contribution >= 4 is 0 Å². The van der Waals surface area contributed by atoms with E-state index in [2.05, 4.69) is 0 Å². The third-order valence-electron chi connectivity index (χ3n) is 3.46. The predicted octanol–water partition coefficient (Wildman–Crippen LogP) is 3.23. The van der Waals surface area contributed by atoms with Crippen molar-refractivity contribution in [3.8, 4) is 11.8 Å². The Kier molecular flexibility index (Phi) is 4.19. The summed E-state index contributed by atoms with van der Waals surface area (Å²) in [5.41, 5.74) is 4.55. The molecule has 0 spiro atoms. The van der Waals surface area contributed by atoms with Gasteiger partial charge in [0.25, 0.3) is 0 Å². The lowest BCUT2D eigenvalue weighted by atomic mass is 9.93. The maximum absolute atomic E-state index is 12.7. The van der Waals surface area contributed by atoms with Crippen molar-refractivity contribution in [2.75, 3.05) is 0 Å². The van der Waals surface area contributed by atoms with E-state index < -0.39 is 17.3 Å². The highest BCUT2D eigenvalue weighted by Gasteiger charge is 2.34. The molecule has 1 saturated carbocycles. The van der Waals surface area contributed by atoms with Gasteiger partial charge in [-0.1, -0.05) is 6.42 Å². The number of nitrogens with zero attached hydrogens (tertiary/aromatic N) is 1. The molecule has 1 fully saturated rings. The molecular weight excluding hydrogens is 269 g/mol. The maximum atomic E-state index is 12.7. The van der Waals surface area contributed by atoms with Gasteiger partial charge in [0.15, 0.2) is 0 Å². The Morgan fingerprint density at radius 1 is 1.25 bits per heavy atom. The van der Waals surface area contributed by atoms with E-state index in [4.69, 9.17) is 15.7 Å². The molecule has 0 heterocycles. The maximum Gasteiger partial charge on any atom is 0.417 e. The first kappa shape index (κ1) is 14.7. The topological polar surface area (TPSA) is 59.0 Å². The Labute approximate surface area is 115 Å². The lowest BCUT2D eigenvalue weighted by molar-refractivity contribution is -0.137. The summed E-state index contributed by atoms with van der Waals surface area (Å²) < 4.78 is 43.7. The highest BCUT2D eigenvalue weighted by Crippen LogP contribution is 2.34. The molecule has 1 aliphatic carbocycles. The molecule has 1 aromatic rings. The fourth-order valence-corrected chi connectivity index (χ4v) is 2.38. The first-order chi connectivity index (χ1) is 9.41. The number of rotatable bonds is 2. The summed E-state index contributed by atoms with van der Waals surface area (Å²) in [4.78, 5) is 0. The lowest BCUT2D eigenvalue weighted by Gasteiger charge is -2.29. The number of ether oxygens (including phenoxy) is 1. The SMILES string of the molecule is N#Cc1cc(OC2CCCCC2N)ccc1C(F)(F)F. The van der Waals surface area contributed by atoms with Crippen LogP contribution in [0.4, 0.5) is 13.2 Å². The minimum absolute atomic E-state index is 0.114.